The average molecular weight is 302 g/mol. The molecule has 0 saturated carbocycles. The topological polar surface area (TPSA) is 55.1 Å². The Morgan fingerprint density at radius 1 is 0.857 bits per heavy atom. The van der Waals surface area contributed by atoms with Crippen LogP contribution in [0.4, 0.5) is 33.3 Å². The molecule has 0 atom stereocenters. The van der Waals surface area contributed by atoms with Gasteiger partial charge in [-0.3, -0.25) is 4.79 Å². The van der Waals surface area contributed by atoms with Gasteiger partial charge in [0.1, 0.15) is 11.5 Å². The first-order chi connectivity index (χ1) is 9.79. The highest BCUT2D eigenvalue weighted by atomic mass is 19.2. The van der Waals surface area contributed by atoms with E-state index in [1.54, 1.807) is 5.32 Å². The Hall–Kier alpha value is -2.64. The van der Waals surface area contributed by atoms with Gasteiger partial charge in [0, 0.05) is 23.9 Å². The fourth-order valence-electron chi connectivity index (χ4n) is 1.60. The number of benzene rings is 2. The summed E-state index contributed by atoms with van der Waals surface area (Å²) < 4.78 is 65.4. The summed E-state index contributed by atoms with van der Waals surface area (Å²) >= 11 is 0. The highest BCUT2D eigenvalue weighted by Gasteiger charge is 2.18. The molecule has 8 heteroatoms. The molecule has 3 N–H and O–H groups in total. The van der Waals surface area contributed by atoms with Crippen LogP contribution in [0.15, 0.2) is 24.3 Å². The van der Waals surface area contributed by atoms with Crippen molar-refractivity contribution < 1.29 is 26.7 Å². The molecule has 3 nitrogen and oxygen atoms in total. The molecule has 0 fully saturated rings. The smallest absolute Gasteiger partial charge is 0.258 e. The number of anilines is 2. The van der Waals surface area contributed by atoms with Gasteiger partial charge in [-0.15, -0.1) is 0 Å². The summed E-state index contributed by atoms with van der Waals surface area (Å²) in [6, 6.07) is 1.75. The van der Waals surface area contributed by atoms with Gasteiger partial charge in [0.2, 0.25) is 0 Å². The van der Waals surface area contributed by atoms with Crippen molar-refractivity contribution in [2.45, 2.75) is 0 Å². The molecule has 0 aliphatic carbocycles. The molecule has 0 heterocycles. The Balaban J connectivity index is 2.37. The molecule has 110 valence electrons. The van der Waals surface area contributed by atoms with Crippen molar-refractivity contribution in [3.8, 4) is 0 Å². The normalized spacial score (nSPS) is 10.5. The summed E-state index contributed by atoms with van der Waals surface area (Å²) in [7, 11) is 0. The van der Waals surface area contributed by atoms with E-state index >= 15 is 0 Å². The number of halogens is 5. The van der Waals surface area contributed by atoms with Crippen molar-refractivity contribution >= 4 is 17.3 Å². The predicted molar refractivity (Wildman–Crippen MR) is 65.0 cm³/mol. The Labute approximate surface area is 115 Å². The highest BCUT2D eigenvalue weighted by molar-refractivity contribution is 6.07. The molecule has 0 aliphatic heterocycles. The number of rotatable bonds is 2. The van der Waals surface area contributed by atoms with Crippen LogP contribution >= 0.6 is 0 Å². The van der Waals surface area contributed by atoms with Crippen molar-refractivity contribution in [2.24, 2.45) is 0 Å². The molecule has 0 radical (unpaired) electrons. The van der Waals surface area contributed by atoms with Crippen LogP contribution < -0.4 is 11.1 Å². The number of hydrogen-bond acceptors (Lipinski definition) is 2. The van der Waals surface area contributed by atoms with Gasteiger partial charge in [0.05, 0.1) is 5.56 Å². The molecule has 0 aliphatic rings. The minimum absolute atomic E-state index is 0.354. The second-order valence-corrected chi connectivity index (χ2v) is 4.05. The number of nitrogens with two attached hydrogens (primary N) is 1. The Morgan fingerprint density at radius 2 is 1.38 bits per heavy atom. The largest absolute Gasteiger partial charge is 0.398 e. The zero-order valence-corrected chi connectivity index (χ0v) is 10.2. The van der Waals surface area contributed by atoms with Crippen LogP contribution in [0.5, 0.6) is 0 Å². The molecule has 1 amide bonds. The van der Waals surface area contributed by atoms with E-state index in [0.717, 1.165) is 0 Å². The van der Waals surface area contributed by atoms with Crippen LogP contribution in [-0.2, 0) is 0 Å². The summed E-state index contributed by atoms with van der Waals surface area (Å²) in [5.41, 5.74) is 3.47. The first kappa shape index (κ1) is 14.8. The monoisotopic (exact) mass is 302 g/mol. The lowest BCUT2D eigenvalue weighted by atomic mass is 10.1. The maximum absolute atomic E-state index is 13.4. The number of carbonyl (C=O) groups is 1. The number of nitrogens with one attached hydrogen (secondary N) is 1. The lowest BCUT2D eigenvalue weighted by Crippen LogP contribution is -2.17. The molecule has 2 rings (SSSR count). The van der Waals surface area contributed by atoms with E-state index in [9.17, 15) is 26.7 Å². The van der Waals surface area contributed by atoms with Gasteiger partial charge in [-0.05, 0) is 6.07 Å². The minimum Gasteiger partial charge on any atom is -0.398 e. The summed E-state index contributed by atoms with van der Waals surface area (Å²) in [5.74, 6) is -7.69. The average Bonchev–Trinajstić information content (AvgIpc) is 2.37. The Kier molecular flexibility index (Phi) is 3.79. The number of carbonyl (C=O) groups excluding carboxylic acids is 1. The van der Waals surface area contributed by atoms with Gasteiger partial charge in [0.15, 0.2) is 23.3 Å². The molecule has 0 spiro atoms. The third-order valence-corrected chi connectivity index (χ3v) is 2.58. The molecule has 2 aromatic carbocycles. The minimum atomic E-state index is -1.36. The van der Waals surface area contributed by atoms with Crippen LogP contribution in [0.1, 0.15) is 10.4 Å². The zero-order chi connectivity index (χ0) is 15.7. The number of nitrogen functional groups attached to an aromatic ring is 1. The SMILES string of the molecule is Nc1cc(F)c(F)cc1C(=O)Nc1c(F)cc(F)cc1F. The van der Waals surface area contributed by atoms with E-state index in [2.05, 4.69) is 0 Å². The van der Waals surface area contributed by atoms with Crippen molar-refractivity contribution in [1.29, 1.82) is 0 Å². The lowest BCUT2D eigenvalue weighted by molar-refractivity contribution is 0.102. The molecule has 0 saturated heterocycles. The standard InChI is InChI=1S/C13H7F5N2O/c14-5-1-9(17)12(10(18)2-5)20-13(21)6-3-7(15)8(16)4-11(6)19/h1-4H,19H2,(H,20,21). The van der Waals surface area contributed by atoms with Gasteiger partial charge >= 0.3 is 0 Å². The Morgan fingerprint density at radius 3 is 1.95 bits per heavy atom. The maximum Gasteiger partial charge on any atom is 0.258 e. The van der Waals surface area contributed by atoms with Crippen LogP contribution in [0.3, 0.4) is 0 Å². The van der Waals surface area contributed by atoms with Crippen molar-refractivity contribution in [3.05, 3.63) is 58.9 Å². The van der Waals surface area contributed by atoms with Gasteiger partial charge in [-0.2, -0.15) is 0 Å². The van der Waals surface area contributed by atoms with Crippen molar-refractivity contribution in [1.82, 2.24) is 0 Å². The summed E-state index contributed by atoms with van der Waals surface area (Å²) in [4.78, 5) is 11.8. The quantitative estimate of drug-likeness (QED) is 0.661. The van der Waals surface area contributed by atoms with E-state index in [1.165, 1.54) is 0 Å². The van der Waals surface area contributed by atoms with Crippen LogP contribution in [-0.4, -0.2) is 5.91 Å². The van der Waals surface area contributed by atoms with E-state index in [0.29, 0.717) is 24.3 Å². The lowest BCUT2D eigenvalue weighted by Gasteiger charge is -2.10. The van der Waals surface area contributed by atoms with Gasteiger partial charge in [-0.1, -0.05) is 0 Å². The van der Waals surface area contributed by atoms with Crippen LogP contribution in [0.2, 0.25) is 0 Å². The summed E-state index contributed by atoms with van der Waals surface area (Å²) in [5, 5.41) is 1.78. The van der Waals surface area contributed by atoms with E-state index < -0.39 is 51.9 Å². The molecule has 21 heavy (non-hydrogen) atoms. The molecular weight excluding hydrogens is 295 g/mol. The second-order valence-electron chi connectivity index (χ2n) is 4.05. The second kappa shape index (κ2) is 5.39. The highest BCUT2D eigenvalue weighted by Crippen LogP contribution is 2.23. The van der Waals surface area contributed by atoms with Gasteiger partial charge < -0.3 is 11.1 Å². The third-order valence-electron chi connectivity index (χ3n) is 2.58. The fraction of sp³-hybridized carbons (Fsp3) is 0. The van der Waals surface area contributed by atoms with Crippen molar-refractivity contribution in [2.75, 3.05) is 11.1 Å². The fourth-order valence-corrected chi connectivity index (χ4v) is 1.60. The van der Waals surface area contributed by atoms with E-state index in [-0.39, 0.29) is 0 Å². The maximum atomic E-state index is 13.4. The number of hydrogen-bond donors (Lipinski definition) is 2. The van der Waals surface area contributed by atoms with Gasteiger partial charge in [-0.25, -0.2) is 22.0 Å². The van der Waals surface area contributed by atoms with Crippen LogP contribution in [0.25, 0.3) is 0 Å². The third kappa shape index (κ3) is 2.93. The molecule has 0 bridgehead atoms. The molecule has 0 aromatic heterocycles. The first-order valence-electron chi connectivity index (χ1n) is 5.50. The van der Waals surface area contributed by atoms with Crippen molar-refractivity contribution in [3.63, 3.8) is 0 Å². The molecule has 0 unspecified atom stereocenters. The van der Waals surface area contributed by atoms with Gasteiger partial charge in [0.25, 0.3) is 5.91 Å². The summed E-state index contributed by atoms with van der Waals surface area (Å²) in [6.45, 7) is 0. The Bertz CT molecular complexity index is 710. The first-order valence-corrected chi connectivity index (χ1v) is 5.50. The van der Waals surface area contributed by atoms with E-state index in [1.807, 2.05) is 0 Å². The summed E-state index contributed by atoms with van der Waals surface area (Å²) in [6.07, 6.45) is 0. The van der Waals surface area contributed by atoms with E-state index in [4.69, 9.17) is 5.73 Å². The molecular formula is C13H7F5N2O. The zero-order valence-electron chi connectivity index (χ0n) is 10.2. The molecule has 2 aromatic rings. The van der Waals surface area contributed by atoms with Crippen LogP contribution in [0, 0.1) is 29.1 Å². The number of amides is 1. The predicted octanol–water partition coefficient (Wildman–Crippen LogP) is 3.22.